The zero-order valence-electron chi connectivity index (χ0n) is 38.3. The van der Waals surface area contributed by atoms with Gasteiger partial charge in [0.15, 0.2) is 7.85 Å². The fourth-order valence-electron chi connectivity index (χ4n) is 4.95. The van der Waals surface area contributed by atoms with Gasteiger partial charge in [0.1, 0.15) is 18.4 Å². The van der Waals surface area contributed by atoms with Crippen molar-refractivity contribution in [3.63, 3.8) is 0 Å². The van der Waals surface area contributed by atoms with Crippen LogP contribution in [0.4, 0.5) is 0 Å². The second-order valence-electron chi connectivity index (χ2n) is 15.1. The van der Waals surface area contributed by atoms with Crippen molar-refractivity contribution in [3.05, 3.63) is 5.73 Å². The van der Waals surface area contributed by atoms with E-state index in [-0.39, 0.29) is 77.1 Å². The molecule has 0 bridgehead atoms. The summed E-state index contributed by atoms with van der Waals surface area (Å²) in [5.41, 5.74) is 10.7. The number of carbonyl (C=O) groups is 8. The topological polar surface area (TPSA) is 303 Å². The molecule has 0 aliphatic heterocycles. The number of nitrogens with zero attached hydrogens (tertiary/aromatic N) is 1. The number of aliphatic carboxylic acids is 3. The minimum absolute atomic E-state index is 0. The van der Waals surface area contributed by atoms with Crippen LogP contribution in [0.15, 0.2) is 0 Å². The Morgan fingerprint density at radius 2 is 1.05 bits per heavy atom. The van der Waals surface area contributed by atoms with Crippen LogP contribution >= 0.6 is 0 Å². The molecule has 0 aliphatic rings. The van der Waals surface area contributed by atoms with Gasteiger partial charge in [-0.1, -0.05) is 104 Å². The fraction of sp³-hybridized carbons (Fsp3) is 0.786. The molecule has 0 aliphatic carbocycles. The quantitative estimate of drug-likeness (QED) is 0.0206. The molecule has 18 nitrogen and oxygen atoms in total. The first-order chi connectivity index (χ1) is 28.7. The number of hydrogen-bond acceptors (Lipinski definition) is 11. The van der Waals surface area contributed by atoms with Crippen molar-refractivity contribution in [1.82, 2.24) is 20.9 Å². The average Bonchev–Trinajstić information content (AvgIpc) is 3.18. The van der Waals surface area contributed by atoms with Crippen LogP contribution in [0.5, 0.6) is 0 Å². The maximum atomic E-state index is 12.3. The summed E-state index contributed by atoms with van der Waals surface area (Å²) in [5, 5.41) is 34.9. The SMILES string of the molecule is CC.CN(C)C[C-]=O.NC(C=O)CCCCNC(=O)CCC(NC(=O)CCC(NC(=O)CCCCCCCCCCCCCCC(=O)O)C(=O)O)C(=O)O.[B]C(=O)C(C)(C)[NH-].[Y]. The predicted molar refractivity (Wildman–Crippen MR) is 236 cm³/mol. The molecule has 0 aromatic rings. The Balaban J connectivity index is -0.000000575. The average molecular weight is 958 g/mol. The van der Waals surface area contributed by atoms with Gasteiger partial charge in [0.2, 0.25) is 17.7 Å². The van der Waals surface area contributed by atoms with Crippen molar-refractivity contribution < 1.29 is 91.2 Å². The van der Waals surface area contributed by atoms with Crippen molar-refractivity contribution >= 4 is 61.7 Å². The largest absolute Gasteiger partial charge is 0.667 e. The molecule has 0 aromatic carbocycles. The first-order valence-corrected chi connectivity index (χ1v) is 21.5. The molecule has 0 heterocycles. The summed E-state index contributed by atoms with van der Waals surface area (Å²) < 4.78 is 0. The fourth-order valence-corrected chi connectivity index (χ4v) is 4.95. The second kappa shape index (κ2) is 45.9. The number of nitrogens with one attached hydrogen (secondary N) is 4. The molecule has 0 rings (SSSR count). The molecule has 3 amide bonds. The maximum Gasteiger partial charge on any atom is 0.326 e. The molecule has 3 unspecified atom stereocenters. The monoisotopic (exact) mass is 957 g/mol. The van der Waals surface area contributed by atoms with E-state index in [0.717, 1.165) is 70.6 Å². The van der Waals surface area contributed by atoms with E-state index in [0.29, 0.717) is 45.1 Å². The molecule has 9 N–H and O–H groups in total. The van der Waals surface area contributed by atoms with Crippen LogP contribution in [-0.4, -0.2) is 133 Å². The molecule has 0 fully saturated rings. The number of unbranched alkanes of at least 4 members (excludes halogenated alkanes) is 12. The van der Waals surface area contributed by atoms with E-state index in [9.17, 15) is 53.4 Å². The van der Waals surface area contributed by atoms with E-state index in [2.05, 4.69) is 16.0 Å². The van der Waals surface area contributed by atoms with Gasteiger partial charge >= 0.3 is 17.9 Å². The Kier molecular flexibility index (Phi) is 50.3. The van der Waals surface area contributed by atoms with E-state index < -0.39 is 59.1 Å². The molecule has 0 saturated heterocycles. The molecule has 62 heavy (non-hydrogen) atoms. The molecule has 0 spiro atoms. The van der Waals surface area contributed by atoms with Crippen molar-refractivity contribution in [2.45, 2.75) is 186 Å². The number of carboxylic acid groups (broad SMARTS) is 3. The Morgan fingerprint density at radius 3 is 1.37 bits per heavy atom. The molecule has 3 radical (unpaired) electrons. The smallest absolute Gasteiger partial charge is 0.326 e. The van der Waals surface area contributed by atoms with Crippen LogP contribution in [0.2, 0.25) is 0 Å². The van der Waals surface area contributed by atoms with Crippen LogP contribution in [0.1, 0.15) is 163 Å². The van der Waals surface area contributed by atoms with Gasteiger partial charge in [0.05, 0.1) is 11.7 Å². The van der Waals surface area contributed by atoms with Crippen molar-refractivity contribution in [2.75, 3.05) is 27.2 Å². The summed E-state index contributed by atoms with van der Waals surface area (Å²) >= 11 is 0. The zero-order valence-corrected chi connectivity index (χ0v) is 41.1. The number of carboxylic acids is 3. The maximum absolute atomic E-state index is 12.3. The third-order valence-corrected chi connectivity index (χ3v) is 8.59. The van der Waals surface area contributed by atoms with Crippen molar-refractivity contribution in [3.8, 4) is 0 Å². The Hall–Kier alpha value is -3.12. The summed E-state index contributed by atoms with van der Waals surface area (Å²) in [6, 6.07) is -3.15. The molecule has 0 aromatic heterocycles. The Morgan fingerprint density at radius 1 is 0.677 bits per heavy atom. The van der Waals surface area contributed by atoms with E-state index in [1.54, 1.807) is 11.2 Å². The van der Waals surface area contributed by atoms with Crippen LogP contribution in [0, 0.1) is 0 Å². The van der Waals surface area contributed by atoms with Crippen LogP contribution < -0.4 is 21.7 Å². The molecule has 3 atom stereocenters. The number of aldehydes is 1. The molecule has 20 heteroatoms. The normalized spacial score (nSPS) is 11.8. The third-order valence-electron chi connectivity index (χ3n) is 8.59. The molecular weight excluding hydrogens is 880 g/mol. The standard InChI is InChI=1S/C32H56N4O10.C4H7BNO.C4H8NO.C2H6.Y/c33-24(23-37)15-13-14-22-34-27(38)20-18-25(31(43)44)36-29(40)21-19-26(32(45)46)35-28(39)16-11-9-7-5-3-1-2-4-6-8-10-12-17-30(41)42;1-4(2,6)3(5)7;1-5(2)3-4-6;1-2;/h23-26H,1-22,33H2,(H,34,38)(H,35,39)(H,36,40)(H,41,42)(H,43,44)(H,45,46);6H,1-2H3;3H2,1-2H3;1-2H3;/q;2*-1;;. The van der Waals surface area contributed by atoms with Crippen LogP contribution in [0.3, 0.4) is 0 Å². The van der Waals surface area contributed by atoms with Gasteiger partial charge in [-0.15, -0.1) is 0 Å². The number of likely N-dealkylation sites (N-methyl/N-ethyl adjacent to an activating group) is 1. The van der Waals surface area contributed by atoms with Gasteiger partial charge in [-0.3, -0.25) is 19.2 Å². The first-order valence-electron chi connectivity index (χ1n) is 21.5. The number of amides is 3. The minimum atomic E-state index is -1.33. The summed E-state index contributed by atoms with van der Waals surface area (Å²) in [6.07, 6.45) is 15.7. The minimum Gasteiger partial charge on any atom is -0.667 e. The van der Waals surface area contributed by atoms with Gasteiger partial charge < -0.3 is 62.0 Å². The van der Waals surface area contributed by atoms with Gasteiger partial charge in [0, 0.05) is 64.9 Å². The van der Waals surface area contributed by atoms with Crippen LogP contribution in [0.25, 0.3) is 5.73 Å². The number of rotatable bonds is 34. The predicted octanol–water partition coefficient (Wildman–Crippen LogP) is 4.24. The van der Waals surface area contributed by atoms with E-state index in [4.69, 9.17) is 24.4 Å². The van der Waals surface area contributed by atoms with E-state index in [1.807, 2.05) is 27.9 Å². The Bertz CT molecular complexity index is 1240. The summed E-state index contributed by atoms with van der Waals surface area (Å²) in [4.78, 5) is 102. The van der Waals surface area contributed by atoms with Gasteiger partial charge in [0.25, 0.3) is 0 Å². The van der Waals surface area contributed by atoms with Gasteiger partial charge in [-0.2, -0.15) is 0 Å². The number of carbonyl (C=O) groups excluding carboxylic acids is 6. The van der Waals surface area contributed by atoms with Gasteiger partial charge in [-0.25, -0.2) is 15.9 Å². The number of nitrogens with two attached hydrogens (primary N) is 1. The summed E-state index contributed by atoms with van der Waals surface area (Å²) in [7, 11) is 8.39. The van der Waals surface area contributed by atoms with E-state index in [1.165, 1.54) is 13.8 Å². The van der Waals surface area contributed by atoms with Gasteiger partial charge in [-0.05, 0) is 59.0 Å². The molecular formula is C42H77BN6O12Y-2. The first kappa shape index (κ1) is 67.9. The summed E-state index contributed by atoms with van der Waals surface area (Å²) in [5.74, 6) is -4.86. The van der Waals surface area contributed by atoms with E-state index >= 15 is 0 Å². The summed E-state index contributed by atoms with van der Waals surface area (Å²) in [6.45, 7) is 7.66. The van der Waals surface area contributed by atoms with Crippen molar-refractivity contribution in [1.29, 1.82) is 0 Å². The molecule has 0 saturated carbocycles. The Labute approximate surface area is 396 Å². The third kappa shape index (κ3) is 51.2. The second-order valence-corrected chi connectivity index (χ2v) is 15.1. The number of hydrogen-bond donors (Lipinski definition) is 7. The zero-order chi connectivity index (χ0) is 47.6. The molecule has 355 valence electrons. The van der Waals surface area contributed by atoms with Crippen molar-refractivity contribution in [2.24, 2.45) is 5.73 Å². The van der Waals surface area contributed by atoms with Crippen LogP contribution in [-0.2, 0) is 75.9 Å².